The third kappa shape index (κ3) is 3.72. The van der Waals surface area contributed by atoms with Gasteiger partial charge >= 0.3 is 0 Å². The van der Waals surface area contributed by atoms with Crippen molar-refractivity contribution in [3.63, 3.8) is 0 Å². The van der Waals surface area contributed by atoms with E-state index < -0.39 is 10.0 Å². The molecule has 2 saturated heterocycles. The molecule has 5 nitrogen and oxygen atoms in total. The van der Waals surface area contributed by atoms with Crippen LogP contribution < -0.4 is 10.1 Å². The molecular formula is C14H19Cl3N2O3S. The molecule has 2 aliphatic heterocycles. The number of hydrogen-bond acceptors (Lipinski definition) is 4. The third-order valence-electron chi connectivity index (χ3n) is 4.31. The number of benzene rings is 1. The predicted molar refractivity (Wildman–Crippen MR) is 93.6 cm³/mol. The van der Waals surface area contributed by atoms with Crippen LogP contribution in [0.25, 0.3) is 0 Å². The first-order chi connectivity index (χ1) is 10.4. The van der Waals surface area contributed by atoms with E-state index in [1.165, 1.54) is 23.5 Å². The van der Waals surface area contributed by atoms with Gasteiger partial charge in [-0.05, 0) is 25.3 Å². The summed E-state index contributed by atoms with van der Waals surface area (Å²) in [5.74, 6) is 0.363. The minimum absolute atomic E-state index is 0. The van der Waals surface area contributed by atoms with Gasteiger partial charge < -0.3 is 10.1 Å². The van der Waals surface area contributed by atoms with Crippen molar-refractivity contribution >= 4 is 45.6 Å². The van der Waals surface area contributed by atoms with Crippen molar-refractivity contribution in [2.45, 2.75) is 36.2 Å². The van der Waals surface area contributed by atoms with Crippen molar-refractivity contribution in [3.05, 3.63) is 22.2 Å². The van der Waals surface area contributed by atoms with Crippen LogP contribution in [0.4, 0.5) is 0 Å². The molecule has 2 atom stereocenters. The second-order valence-corrected chi connectivity index (χ2v) is 8.43. The highest BCUT2D eigenvalue weighted by Crippen LogP contribution is 2.35. The molecule has 0 spiro atoms. The van der Waals surface area contributed by atoms with Crippen LogP contribution in [0, 0.1) is 0 Å². The smallest absolute Gasteiger partial charge is 0.244 e. The molecular weight excluding hydrogens is 383 g/mol. The average molecular weight is 402 g/mol. The van der Waals surface area contributed by atoms with E-state index in [4.69, 9.17) is 27.9 Å². The fourth-order valence-electron chi connectivity index (χ4n) is 3.13. The molecule has 0 aliphatic carbocycles. The molecule has 0 amide bonds. The van der Waals surface area contributed by atoms with Gasteiger partial charge in [-0.3, -0.25) is 0 Å². The van der Waals surface area contributed by atoms with Gasteiger partial charge in [0.2, 0.25) is 10.0 Å². The summed E-state index contributed by atoms with van der Waals surface area (Å²) in [7, 11) is -2.20. The Morgan fingerprint density at radius 1 is 1.17 bits per heavy atom. The van der Waals surface area contributed by atoms with Crippen LogP contribution in [0.15, 0.2) is 17.0 Å². The summed E-state index contributed by atoms with van der Waals surface area (Å²) in [4.78, 5) is 0.0396. The van der Waals surface area contributed by atoms with Gasteiger partial charge in [0.05, 0.1) is 17.2 Å². The van der Waals surface area contributed by atoms with E-state index in [1.54, 1.807) is 0 Å². The molecule has 2 heterocycles. The Bertz CT molecular complexity index is 684. The molecule has 1 aromatic carbocycles. The molecule has 0 radical (unpaired) electrons. The maximum absolute atomic E-state index is 12.9. The van der Waals surface area contributed by atoms with E-state index in [9.17, 15) is 8.42 Å². The zero-order valence-corrected chi connectivity index (χ0v) is 15.7. The fraction of sp³-hybridized carbons (Fsp3) is 0.571. The summed E-state index contributed by atoms with van der Waals surface area (Å²) in [5.41, 5.74) is 0. The summed E-state index contributed by atoms with van der Waals surface area (Å²) in [6.07, 6.45) is 2.94. The summed E-state index contributed by atoms with van der Waals surface area (Å²) in [6.45, 7) is 0.968. The predicted octanol–water partition coefficient (Wildman–Crippen LogP) is 2.94. The van der Waals surface area contributed by atoms with Crippen LogP contribution in [0.5, 0.6) is 5.75 Å². The molecule has 2 aliphatic rings. The zero-order valence-electron chi connectivity index (χ0n) is 12.6. The minimum Gasteiger partial charge on any atom is -0.495 e. The van der Waals surface area contributed by atoms with Crippen LogP contribution in [0.2, 0.25) is 10.0 Å². The molecule has 2 fully saturated rings. The number of nitrogens with one attached hydrogen (secondary N) is 1. The Hall–Kier alpha value is -0.240. The average Bonchev–Trinajstić information content (AvgIpc) is 2.79. The molecule has 9 heteroatoms. The lowest BCUT2D eigenvalue weighted by Crippen LogP contribution is -2.39. The van der Waals surface area contributed by atoms with Crippen molar-refractivity contribution < 1.29 is 13.2 Å². The van der Waals surface area contributed by atoms with Crippen LogP contribution in [0.1, 0.15) is 19.3 Å². The van der Waals surface area contributed by atoms with E-state index in [2.05, 4.69) is 5.32 Å². The van der Waals surface area contributed by atoms with Crippen molar-refractivity contribution in [1.82, 2.24) is 9.62 Å². The Labute approximate surface area is 152 Å². The Kier molecular flexibility index (Phi) is 6.09. The van der Waals surface area contributed by atoms with Crippen LogP contribution in [0.3, 0.4) is 0 Å². The number of hydrogen-bond donors (Lipinski definition) is 1. The first kappa shape index (κ1) is 19.1. The molecule has 0 aromatic heterocycles. The molecule has 2 unspecified atom stereocenters. The van der Waals surface area contributed by atoms with Gasteiger partial charge in [-0.1, -0.05) is 23.2 Å². The van der Waals surface area contributed by atoms with Gasteiger partial charge in [-0.2, -0.15) is 4.31 Å². The third-order valence-corrected chi connectivity index (χ3v) is 6.94. The number of sulfonamides is 1. The van der Waals surface area contributed by atoms with Gasteiger partial charge in [0.15, 0.2) is 0 Å². The number of rotatable bonds is 3. The Balaban J connectivity index is 0.00000192. The Morgan fingerprint density at radius 3 is 2.57 bits per heavy atom. The van der Waals surface area contributed by atoms with E-state index >= 15 is 0 Å². The van der Waals surface area contributed by atoms with Gasteiger partial charge in [-0.15, -0.1) is 12.4 Å². The molecule has 1 aromatic rings. The maximum atomic E-state index is 12.9. The highest BCUT2D eigenvalue weighted by molar-refractivity contribution is 7.89. The largest absolute Gasteiger partial charge is 0.495 e. The standard InChI is InChI=1S/C14H18Cl2N2O3S.ClH/c1-21-13-6-12(16)14(7-11(13)15)22(19,20)18-5-4-9-2-3-10(8-18)17-9;/h6-7,9-10,17H,2-5,8H2,1H3;1H. The monoisotopic (exact) mass is 400 g/mol. The van der Waals surface area contributed by atoms with Gasteiger partial charge in [0.1, 0.15) is 10.6 Å². The quantitative estimate of drug-likeness (QED) is 0.846. The first-order valence-electron chi connectivity index (χ1n) is 7.21. The summed E-state index contributed by atoms with van der Waals surface area (Å²) >= 11 is 12.2. The highest BCUT2D eigenvalue weighted by atomic mass is 35.5. The van der Waals surface area contributed by atoms with Gasteiger partial charge in [0, 0.05) is 31.2 Å². The molecule has 23 heavy (non-hydrogen) atoms. The Morgan fingerprint density at radius 2 is 1.87 bits per heavy atom. The van der Waals surface area contributed by atoms with Crippen LogP contribution in [-0.2, 0) is 10.0 Å². The first-order valence-corrected chi connectivity index (χ1v) is 9.40. The number of ether oxygens (including phenoxy) is 1. The molecule has 3 rings (SSSR count). The number of methoxy groups -OCH3 is 1. The molecule has 130 valence electrons. The minimum atomic E-state index is -3.66. The summed E-state index contributed by atoms with van der Waals surface area (Å²) < 4.78 is 32.4. The zero-order chi connectivity index (χ0) is 15.9. The number of fused-ring (bicyclic) bond motifs is 2. The lowest BCUT2D eigenvalue weighted by molar-refractivity contribution is 0.383. The van der Waals surface area contributed by atoms with Crippen molar-refractivity contribution in [1.29, 1.82) is 0 Å². The second-order valence-electron chi connectivity index (χ2n) is 5.71. The van der Waals surface area contributed by atoms with Crippen LogP contribution in [-0.4, -0.2) is 45.0 Å². The van der Waals surface area contributed by atoms with E-state index in [1.807, 2.05) is 0 Å². The number of halogens is 3. The normalized spacial score (nSPS) is 24.8. The van der Waals surface area contributed by atoms with Crippen molar-refractivity contribution in [2.75, 3.05) is 20.2 Å². The SMILES string of the molecule is COc1cc(Cl)c(S(=O)(=O)N2CCC3CCC(C2)N3)cc1Cl.Cl. The highest BCUT2D eigenvalue weighted by Gasteiger charge is 2.36. The maximum Gasteiger partial charge on any atom is 0.244 e. The lowest BCUT2D eigenvalue weighted by atomic mass is 10.1. The van der Waals surface area contributed by atoms with E-state index in [0.29, 0.717) is 24.9 Å². The van der Waals surface area contributed by atoms with Crippen molar-refractivity contribution in [2.24, 2.45) is 0 Å². The van der Waals surface area contributed by atoms with Gasteiger partial charge in [0.25, 0.3) is 0 Å². The molecule has 0 saturated carbocycles. The van der Waals surface area contributed by atoms with E-state index in [0.717, 1.165) is 19.3 Å². The molecule has 2 bridgehead atoms. The van der Waals surface area contributed by atoms with Crippen LogP contribution >= 0.6 is 35.6 Å². The van der Waals surface area contributed by atoms with E-state index in [-0.39, 0.29) is 33.4 Å². The molecule has 1 N–H and O–H groups in total. The van der Waals surface area contributed by atoms with Crippen molar-refractivity contribution in [3.8, 4) is 5.75 Å². The van der Waals surface area contributed by atoms with Gasteiger partial charge in [-0.25, -0.2) is 8.42 Å². The lowest BCUT2D eigenvalue weighted by Gasteiger charge is -2.24. The topological polar surface area (TPSA) is 58.6 Å². The second kappa shape index (κ2) is 7.33. The summed E-state index contributed by atoms with van der Waals surface area (Å²) in [5, 5.41) is 3.83. The number of nitrogens with zero attached hydrogens (tertiary/aromatic N) is 1. The summed E-state index contributed by atoms with van der Waals surface area (Å²) in [6, 6.07) is 3.45. The fourth-order valence-corrected chi connectivity index (χ4v) is 5.46.